The third-order valence-electron chi connectivity index (χ3n) is 4.89. The summed E-state index contributed by atoms with van der Waals surface area (Å²) in [6.45, 7) is 0.837. The van der Waals surface area contributed by atoms with E-state index < -0.39 is 5.97 Å². The van der Waals surface area contributed by atoms with Crippen molar-refractivity contribution >= 4 is 5.97 Å². The molecule has 2 aliphatic rings. The van der Waals surface area contributed by atoms with Crippen LogP contribution < -0.4 is 0 Å². The minimum atomic E-state index is -0.648. The van der Waals surface area contributed by atoms with Gasteiger partial charge in [-0.2, -0.15) is 0 Å². The maximum Gasteiger partial charge on any atom is 0.320 e. The van der Waals surface area contributed by atoms with Crippen LogP contribution in [0, 0.1) is 5.92 Å². The molecule has 0 unspecified atom stereocenters. The van der Waals surface area contributed by atoms with Gasteiger partial charge in [0.15, 0.2) is 0 Å². The number of carboxylic acids is 1. The Bertz CT molecular complexity index is 463. The van der Waals surface area contributed by atoms with Crippen LogP contribution in [-0.2, 0) is 11.2 Å². The van der Waals surface area contributed by atoms with Gasteiger partial charge >= 0.3 is 5.97 Å². The zero-order chi connectivity index (χ0) is 13.9. The molecule has 0 spiro atoms. The number of hydrogen-bond acceptors (Lipinski definition) is 3. The van der Waals surface area contributed by atoms with Crippen molar-refractivity contribution in [2.45, 2.75) is 50.6 Å². The minimum Gasteiger partial charge on any atom is -0.480 e. The van der Waals surface area contributed by atoms with Crippen molar-refractivity contribution in [3.8, 4) is 0 Å². The quantitative estimate of drug-likeness (QED) is 0.915. The van der Waals surface area contributed by atoms with E-state index in [4.69, 9.17) is 0 Å². The Kier molecular flexibility index (Phi) is 4.01. The van der Waals surface area contributed by atoms with Crippen molar-refractivity contribution in [2.75, 3.05) is 6.54 Å². The third kappa shape index (κ3) is 2.70. The van der Waals surface area contributed by atoms with Crippen molar-refractivity contribution in [3.05, 3.63) is 30.1 Å². The Morgan fingerprint density at radius 3 is 3.00 bits per heavy atom. The number of aromatic nitrogens is 1. The van der Waals surface area contributed by atoms with Crippen LogP contribution in [0.2, 0.25) is 0 Å². The van der Waals surface area contributed by atoms with Gasteiger partial charge in [0.05, 0.1) is 0 Å². The van der Waals surface area contributed by atoms with Crippen LogP contribution in [0.25, 0.3) is 0 Å². The second-order valence-corrected chi connectivity index (χ2v) is 6.05. The fraction of sp³-hybridized carbons (Fsp3) is 0.625. The summed E-state index contributed by atoms with van der Waals surface area (Å²) in [5, 5.41) is 9.47. The summed E-state index contributed by atoms with van der Waals surface area (Å²) in [5.41, 5.74) is 1.19. The summed E-state index contributed by atoms with van der Waals surface area (Å²) in [6, 6.07) is 4.22. The number of likely N-dealkylation sites (tertiary alicyclic amines) is 1. The maximum absolute atomic E-state index is 11.5. The Morgan fingerprint density at radius 2 is 2.25 bits per heavy atom. The van der Waals surface area contributed by atoms with Gasteiger partial charge in [-0.05, 0) is 43.2 Å². The van der Waals surface area contributed by atoms with Crippen LogP contribution in [0.3, 0.4) is 0 Å². The third-order valence-corrected chi connectivity index (χ3v) is 4.89. The molecule has 0 radical (unpaired) electrons. The van der Waals surface area contributed by atoms with Gasteiger partial charge in [-0.25, -0.2) is 0 Å². The van der Waals surface area contributed by atoms with Crippen LogP contribution in [0.5, 0.6) is 0 Å². The SMILES string of the molecule is O=C(O)[C@@H]1C[C@H]2CCCC[C@H]2N1CCc1cccnc1. The average molecular weight is 274 g/mol. The highest BCUT2D eigenvalue weighted by Crippen LogP contribution is 2.39. The fourth-order valence-corrected chi connectivity index (χ4v) is 3.92. The first-order valence-electron chi connectivity index (χ1n) is 7.63. The van der Waals surface area contributed by atoms with Gasteiger partial charge in [0.2, 0.25) is 0 Å². The van der Waals surface area contributed by atoms with Gasteiger partial charge in [0.25, 0.3) is 0 Å². The molecule has 0 bridgehead atoms. The Labute approximate surface area is 119 Å². The molecule has 108 valence electrons. The highest BCUT2D eigenvalue weighted by molar-refractivity contribution is 5.74. The highest BCUT2D eigenvalue weighted by Gasteiger charge is 2.44. The van der Waals surface area contributed by atoms with Crippen LogP contribution >= 0.6 is 0 Å². The number of carboxylic acid groups (broad SMARTS) is 1. The Balaban J connectivity index is 1.69. The van der Waals surface area contributed by atoms with E-state index in [9.17, 15) is 9.90 Å². The molecule has 2 heterocycles. The van der Waals surface area contributed by atoms with Gasteiger partial charge in [-0.3, -0.25) is 14.7 Å². The van der Waals surface area contributed by atoms with Crippen molar-refractivity contribution < 1.29 is 9.90 Å². The van der Waals surface area contributed by atoms with E-state index in [-0.39, 0.29) is 6.04 Å². The van der Waals surface area contributed by atoms with Gasteiger partial charge in [-0.15, -0.1) is 0 Å². The molecule has 1 saturated heterocycles. The summed E-state index contributed by atoms with van der Waals surface area (Å²) >= 11 is 0. The number of fused-ring (bicyclic) bond motifs is 1. The summed E-state index contributed by atoms with van der Waals surface area (Å²) in [4.78, 5) is 17.9. The Hall–Kier alpha value is -1.42. The zero-order valence-corrected chi connectivity index (χ0v) is 11.7. The van der Waals surface area contributed by atoms with E-state index >= 15 is 0 Å². The predicted octanol–water partition coefficient (Wildman–Crippen LogP) is 2.34. The van der Waals surface area contributed by atoms with Crippen LogP contribution in [0.15, 0.2) is 24.5 Å². The van der Waals surface area contributed by atoms with Crippen LogP contribution in [0.4, 0.5) is 0 Å². The topological polar surface area (TPSA) is 53.4 Å². The first-order chi connectivity index (χ1) is 9.75. The highest BCUT2D eigenvalue weighted by atomic mass is 16.4. The number of pyridine rings is 1. The monoisotopic (exact) mass is 274 g/mol. The van der Waals surface area contributed by atoms with Crippen LogP contribution in [0.1, 0.15) is 37.7 Å². The lowest BCUT2D eigenvalue weighted by Crippen LogP contribution is -2.43. The second-order valence-electron chi connectivity index (χ2n) is 6.05. The molecule has 1 saturated carbocycles. The average Bonchev–Trinajstić information content (AvgIpc) is 2.85. The number of rotatable bonds is 4. The van der Waals surface area contributed by atoms with Crippen LogP contribution in [-0.4, -0.2) is 39.6 Å². The normalized spacial score (nSPS) is 30.1. The molecule has 3 atom stereocenters. The summed E-state index contributed by atoms with van der Waals surface area (Å²) < 4.78 is 0. The molecule has 1 aliphatic heterocycles. The lowest BCUT2D eigenvalue weighted by molar-refractivity contribution is -0.142. The molecule has 0 aromatic carbocycles. The van der Waals surface area contributed by atoms with E-state index in [1.165, 1.54) is 31.2 Å². The van der Waals surface area contributed by atoms with Crippen molar-refractivity contribution in [2.24, 2.45) is 5.92 Å². The molecule has 0 amide bonds. The number of aliphatic carboxylic acids is 1. The molecule has 1 aromatic rings. The van der Waals surface area contributed by atoms with Gasteiger partial charge < -0.3 is 5.11 Å². The number of nitrogens with zero attached hydrogens (tertiary/aromatic N) is 2. The van der Waals surface area contributed by atoms with E-state index in [1.807, 2.05) is 12.3 Å². The van der Waals surface area contributed by atoms with E-state index in [2.05, 4.69) is 16.0 Å². The van der Waals surface area contributed by atoms with Gasteiger partial charge in [-0.1, -0.05) is 18.9 Å². The standard InChI is InChI=1S/C16H22N2O2/c19-16(20)15-10-13-5-1-2-6-14(13)18(15)9-7-12-4-3-8-17-11-12/h3-4,8,11,13-15H,1-2,5-7,9-10H2,(H,19,20)/t13-,14-,15+/m1/s1. The molecule has 4 heteroatoms. The molecule has 20 heavy (non-hydrogen) atoms. The van der Waals surface area contributed by atoms with E-state index in [0.29, 0.717) is 12.0 Å². The van der Waals surface area contributed by atoms with Crippen molar-refractivity contribution in [1.29, 1.82) is 0 Å². The first kappa shape index (κ1) is 13.6. The molecular weight excluding hydrogens is 252 g/mol. The molecule has 2 fully saturated rings. The Morgan fingerprint density at radius 1 is 1.40 bits per heavy atom. The predicted molar refractivity (Wildman–Crippen MR) is 76.4 cm³/mol. The molecule has 3 rings (SSSR count). The smallest absolute Gasteiger partial charge is 0.320 e. The summed E-state index contributed by atoms with van der Waals surface area (Å²) in [7, 11) is 0. The summed E-state index contributed by atoms with van der Waals surface area (Å²) in [5.74, 6) is -0.0515. The zero-order valence-electron chi connectivity index (χ0n) is 11.7. The van der Waals surface area contributed by atoms with E-state index in [0.717, 1.165) is 19.4 Å². The number of carbonyl (C=O) groups is 1. The molecular formula is C16H22N2O2. The first-order valence-corrected chi connectivity index (χ1v) is 7.63. The molecule has 1 aliphatic carbocycles. The fourth-order valence-electron chi connectivity index (χ4n) is 3.92. The second kappa shape index (κ2) is 5.92. The van der Waals surface area contributed by atoms with Crippen molar-refractivity contribution in [3.63, 3.8) is 0 Å². The lowest BCUT2D eigenvalue weighted by atomic mass is 9.84. The lowest BCUT2D eigenvalue weighted by Gasteiger charge is -2.32. The van der Waals surface area contributed by atoms with Gasteiger partial charge in [0, 0.05) is 25.0 Å². The molecule has 1 N–H and O–H groups in total. The minimum absolute atomic E-state index is 0.278. The number of hydrogen-bond donors (Lipinski definition) is 1. The molecule has 4 nitrogen and oxygen atoms in total. The van der Waals surface area contributed by atoms with Gasteiger partial charge in [0.1, 0.15) is 6.04 Å². The maximum atomic E-state index is 11.5. The van der Waals surface area contributed by atoms with Crippen molar-refractivity contribution in [1.82, 2.24) is 9.88 Å². The van der Waals surface area contributed by atoms with E-state index in [1.54, 1.807) is 6.20 Å². The molecule has 1 aromatic heterocycles. The summed E-state index contributed by atoms with van der Waals surface area (Å²) in [6.07, 6.45) is 10.3. The largest absolute Gasteiger partial charge is 0.480 e.